The first-order valence-corrected chi connectivity index (χ1v) is 7.33. The Morgan fingerprint density at radius 2 is 2.00 bits per heavy atom. The molecule has 0 atom stereocenters. The van der Waals surface area contributed by atoms with Crippen LogP contribution in [0.5, 0.6) is 0 Å². The van der Waals surface area contributed by atoms with Gasteiger partial charge in [-0.05, 0) is 16.8 Å². The smallest absolute Gasteiger partial charge is 0.325 e. The molecule has 7 heteroatoms. The molecule has 0 spiro atoms. The highest BCUT2D eigenvalue weighted by Crippen LogP contribution is 2.16. The number of hydrogen-bond acceptors (Lipinski definition) is 5. The minimum absolute atomic E-state index is 0.175. The van der Waals surface area contributed by atoms with E-state index in [1.807, 2.05) is 0 Å². The Morgan fingerprint density at radius 1 is 1.28 bits per heavy atom. The Kier molecular flexibility index (Phi) is 7.40. The van der Waals surface area contributed by atoms with Crippen LogP contribution in [0.2, 0.25) is 0 Å². The molecule has 0 aromatic carbocycles. The van der Waals surface area contributed by atoms with Crippen molar-refractivity contribution in [1.29, 1.82) is 0 Å². The van der Waals surface area contributed by atoms with Crippen LogP contribution < -0.4 is 0 Å². The number of aromatic nitrogens is 4. The molecule has 0 fully saturated rings. The average molecular weight is 272 g/mol. The van der Waals surface area contributed by atoms with E-state index in [-0.39, 0.29) is 6.54 Å². The van der Waals surface area contributed by atoms with Crippen molar-refractivity contribution < 1.29 is 9.90 Å². The Morgan fingerprint density at radius 3 is 2.72 bits per heavy atom. The lowest BCUT2D eigenvalue weighted by Gasteiger charge is -2.02. The average Bonchev–Trinajstić information content (AvgIpc) is 2.75. The van der Waals surface area contributed by atoms with Crippen molar-refractivity contribution in [3.05, 3.63) is 0 Å². The fourth-order valence-corrected chi connectivity index (χ4v) is 2.45. The summed E-state index contributed by atoms with van der Waals surface area (Å²) in [7, 11) is 0. The summed E-state index contributed by atoms with van der Waals surface area (Å²) in [6.45, 7) is 2.03. The van der Waals surface area contributed by atoms with Crippen LogP contribution in [0.3, 0.4) is 0 Å². The van der Waals surface area contributed by atoms with Crippen LogP contribution in [0.15, 0.2) is 5.16 Å². The van der Waals surface area contributed by atoms with Crippen molar-refractivity contribution in [1.82, 2.24) is 20.2 Å². The standard InChI is InChI=1S/C11H20N4O2S/c1-2-3-4-5-6-7-8-18-11-12-13-14-15(11)9-10(16)17/h2-9H2,1H3,(H,16,17). The van der Waals surface area contributed by atoms with E-state index in [4.69, 9.17) is 5.11 Å². The normalized spacial score (nSPS) is 10.7. The molecule has 1 N–H and O–H groups in total. The molecule has 0 aliphatic carbocycles. The fraction of sp³-hybridized carbons (Fsp3) is 0.818. The number of tetrazole rings is 1. The van der Waals surface area contributed by atoms with Crippen LogP contribution in [-0.2, 0) is 11.3 Å². The van der Waals surface area contributed by atoms with E-state index in [1.54, 1.807) is 0 Å². The number of carboxylic acid groups (broad SMARTS) is 1. The van der Waals surface area contributed by atoms with Crippen molar-refractivity contribution in [2.75, 3.05) is 5.75 Å². The molecule has 0 saturated heterocycles. The first-order valence-electron chi connectivity index (χ1n) is 6.34. The van der Waals surface area contributed by atoms with Crippen molar-refractivity contribution in [2.24, 2.45) is 0 Å². The van der Waals surface area contributed by atoms with Gasteiger partial charge in [-0.1, -0.05) is 50.8 Å². The second-order valence-corrected chi connectivity index (χ2v) is 5.19. The van der Waals surface area contributed by atoms with Gasteiger partial charge in [0.1, 0.15) is 6.54 Å². The van der Waals surface area contributed by atoms with E-state index in [2.05, 4.69) is 22.4 Å². The minimum Gasteiger partial charge on any atom is -0.480 e. The molecule has 1 heterocycles. The molecular formula is C11H20N4O2S. The summed E-state index contributed by atoms with van der Waals surface area (Å²) in [5.41, 5.74) is 0. The Bertz CT molecular complexity index is 357. The van der Waals surface area contributed by atoms with Gasteiger partial charge in [0.15, 0.2) is 0 Å². The molecule has 0 bridgehead atoms. The van der Waals surface area contributed by atoms with Crippen LogP contribution >= 0.6 is 11.8 Å². The van der Waals surface area contributed by atoms with Crippen molar-refractivity contribution in [2.45, 2.75) is 57.1 Å². The molecule has 0 radical (unpaired) electrons. The highest BCUT2D eigenvalue weighted by molar-refractivity contribution is 7.99. The summed E-state index contributed by atoms with van der Waals surface area (Å²) >= 11 is 1.52. The predicted molar refractivity (Wildman–Crippen MR) is 69.6 cm³/mol. The molecule has 1 rings (SSSR count). The second kappa shape index (κ2) is 8.91. The molecule has 0 aliphatic rings. The van der Waals surface area contributed by atoms with Gasteiger partial charge in [-0.25, -0.2) is 4.68 Å². The van der Waals surface area contributed by atoms with Gasteiger partial charge >= 0.3 is 5.97 Å². The van der Waals surface area contributed by atoms with Crippen LogP contribution in [0.25, 0.3) is 0 Å². The van der Waals surface area contributed by atoms with Crippen molar-refractivity contribution in [3.63, 3.8) is 0 Å². The molecule has 102 valence electrons. The SMILES string of the molecule is CCCCCCCCSc1nnnn1CC(=O)O. The number of carboxylic acids is 1. The summed E-state index contributed by atoms with van der Waals surface area (Å²) in [5, 5.41) is 20.2. The topological polar surface area (TPSA) is 80.9 Å². The molecule has 18 heavy (non-hydrogen) atoms. The molecule has 0 saturated carbocycles. The highest BCUT2D eigenvalue weighted by Gasteiger charge is 2.09. The van der Waals surface area contributed by atoms with Gasteiger partial charge in [0.25, 0.3) is 0 Å². The third-order valence-corrected chi connectivity index (χ3v) is 3.56. The number of nitrogens with zero attached hydrogens (tertiary/aromatic N) is 4. The number of carbonyl (C=O) groups is 1. The minimum atomic E-state index is -0.927. The first kappa shape index (κ1) is 14.9. The van der Waals surface area contributed by atoms with Gasteiger partial charge in [-0.2, -0.15) is 0 Å². The van der Waals surface area contributed by atoms with Crippen LogP contribution in [-0.4, -0.2) is 37.0 Å². The van der Waals surface area contributed by atoms with Gasteiger partial charge in [-0.15, -0.1) is 5.10 Å². The maximum Gasteiger partial charge on any atom is 0.325 e. The lowest BCUT2D eigenvalue weighted by Crippen LogP contribution is -2.11. The number of rotatable bonds is 10. The van der Waals surface area contributed by atoms with Gasteiger partial charge in [0.05, 0.1) is 0 Å². The van der Waals surface area contributed by atoms with Gasteiger partial charge in [0, 0.05) is 5.75 Å². The van der Waals surface area contributed by atoms with Crippen molar-refractivity contribution >= 4 is 17.7 Å². The van der Waals surface area contributed by atoms with Gasteiger partial charge in [0.2, 0.25) is 5.16 Å². The van der Waals surface area contributed by atoms with Gasteiger partial charge in [-0.3, -0.25) is 4.79 Å². The predicted octanol–water partition coefficient (Wildman–Crippen LogP) is 2.21. The van der Waals surface area contributed by atoms with E-state index in [0.717, 1.165) is 12.2 Å². The molecule has 0 amide bonds. The zero-order valence-corrected chi connectivity index (χ0v) is 11.5. The third kappa shape index (κ3) is 6.00. The molecule has 0 unspecified atom stereocenters. The molecule has 6 nitrogen and oxygen atoms in total. The zero-order chi connectivity index (χ0) is 13.2. The van der Waals surface area contributed by atoms with E-state index in [0.29, 0.717) is 5.16 Å². The monoisotopic (exact) mass is 272 g/mol. The van der Waals surface area contributed by atoms with E-state index >= 15 is 0 Å². The zero-order valence-electron chi connectivity index (χ0n) is 10.7. The maximum atomic E-state index is 10.6. The number of aliphatic carboxylic acids is 1. The lowest BCUT2D eigenvalue weighted by atomic mass is 10.1. The van der Waals surface area contributed by atoms with Crippen molar-refractivity contribution in [3.8, 4) is 0 Å². The lowest BCUT2D eigenvalue weighted by molar-refractivity contribution is -0.138. The van der Waals surface area contributed by atoms with Crippen LogP contribution in [0.4, 0.5) is 0 Å². The third-order valence-electron chi connectivity index (χ3n) is 2.51. The first-order chi connectivity index (χ1) is 8.74. The van der Waals surface area contributed by atoms with E-state index in [1.165, 1.54) is 48.5 Å². The maximum absolute atomic E-state index is 10.6. The molecule has 1 aromatic rings. The molecule has 1 aromatic heterocycles. The fourth-order valence-electron chi connectivity index (χ4n) is 1.57. The van der Waals surface area contributed by atoms with Crippen LogP contribution in [0.1, 0.15) is 45.4 Å². The highest BCUT2D eigenvalue weighted by atomic mass is 32.2. The number of hydrogen-bond donors (Lipinski definition) is 1. The largest absolute Gasteiger partial charge is 0.480 e. The Balaban J connectivity index is 2.15. The van der Waals surface area contributed by atoms with Gasteiger partial charge < -0.3 is 5.11 Å². The molecular weight excluding hydrogens is 252 g/mol. The van der Waals surface area contributed by atoms with Crippen LogP contribution in [0, 0.1) is 0 Å². The van der Waals surface area contributed by atoms with E-state index in [9.17, 15) is 4.79 Å². The Hall–Kier alpha value is -1.11. The summed E-state index contributed by atoms with van der Waals surface area (Å²) in [4.78, 5) is 10.6. The number of thioether (sulfide) groups is 1. The quantitative estimate of drug-likeness (QED) is 0.519. The van der Waals surface area contributed by atoms with E-state index < -0.39 is 5.97 Å². The molecule has 0 aliphatic heterocycles. The number of unbranched alkanes of at least 4 members (excludes halogenated alkanes) is 5. The second-order valence-electron chi connectivity index (χ2n) is 4.13. The summed E-state index contributed by atoms with van der Waals surface area (Å²) < 4.78 is 1.32. The summed E-state index contributed by atoms with van der Waals surface area (Å²) in [5.74, 6) is 0.00951. The Labute approximate surface area is 111 Å². The summed E-state index contributed by atoms with van der Waals surface area (Å²) in [6.07, 6.45) is 7.48. The summed E-state index contributed by atoms with van der Waals surface area (Å²) in [6, 6.07) is 0.